The van der Waals surface area contributed by atoms with Crippen molar-refractivity contribution in [1.29, 1.82) is 0 Å². The fourth-order valence-electron chi connectivity index (χ4n) is 1.93. The van der Waals surface area contributed by atoms with Crippen molar-refractivity contribution >= 4 is 16.9 Å². The number of nitrogens with one attached hydrogen (secondary N) is 1. The van der Waals surface area contributed by atoms with Gasteiger partial charge < -0.3 is 15.5 Å². The van der Waals surface area contributed by atoms with Gasteiger partial charge in [0.15, 0.2) is 5.65 Å². The Bertz CT molecular complexity index is 769. The van der Waals surface area contributed by atoms with Gasteiger partial charge in [0.25, 0.3) is 0 Å². The van der Waals surface area contributed by atoms with Crippen LogP contribution in [0, 0.1) is 5.82 Å². The molecule has 0 aliphatic rings. The number of halogens is 1. The van der Waals surface area contributed by atoms with E-state index in [0.717, 1.165) is 5.52 Å². The van der Waals surface area contributed by atoms with Gasteiger partial charge in [-0.15, -0.1) is 0 Å². The first-order valence-corrected chi connectivity index (χ1v) is 6.22. The van der Waals surface area contributed by atoms with Crippen LogP contribution in [-0.2, 0) is 0 Å². The summed E-state index contributed by atoms with van der Waals surface area (Å²) in [5, 5.41) is 0. The van der Waals surface area contributed by atoms with E-state index in [2.05, 4.69) is 15.0 Å². The van der Waals surface area contributed by atoms with Gasteiger partial charge in [0.1, 0.15) is 11.6 Å². The predicted octanol–water partition coefficient (Wildman–Crippen LogP) is 2.74. The van der Waals surface area contributed by atoms with E-state index in [-0.39, 0.29) is 5.69 Å². The molecule has 3 N–H and O–H groups in total. The van der Waals surface area contributed by atoms with Crippen molar-refractivity contribution in [2.75, 3.05) is 12.3 Å². The summed E-state index contributed by atoms with van der Waals surface area (Å²) in [6.45, 7) is 2.44. The van der Waals surface area contributed by atoms with Crippen molar-refractivity contribution < 1.29 is 9.13 Å². The molecule has 0 amide bonds. The molecular weight excluding hydrogens is 259 g/mol. The maximum Gasteiger partial charge on any atom is 0.215 e. The van der Waals surface area contributed by atoms with Crippen LogP contribution in [0.4, 0.5) is 10.1 Å². The number of rotatable bonds is 3. The molecule has 0 spiro atoms. The van der Waals surface area contributed by atoms with Crippen LogP contribution in [0.3, 0.4) is 0 Å². The summed E-state index contributed by atoms with van der Waals surface area (Å²) in [5.41, 5.74) is 7.69. The molecule has 5 nitrogen and oxygen atoms in total. The molecule has 0 bridgehead atoms. The van der Waals surface area contributed by atoms with E-state index in [1.54, 1.807) is 12.1 Å². The van der Waals surface area contributed by atoms with Gasteiger partial charge in [-0.1, -0.05) is 0 Å². The highest BCUT2D eigenvalue weighted by molar-refractivity contribution is 5.77. The molecular formula is C14H13FN4O. The average molecular weight is 272 g/mol. The Morgan fingerprint density at radius 1 is 1.25 bits per heavy atom. The van der Waals surface area contributed by atoms with Crippen molar-refractivity contribution in [3.63, 3.8) is 0 Å². The number of H-pyrrole nitrogens is 1. The molecule has 0 unspecified atom stereocenters. The fraction of sp³-hybridized carbons (Fsp3) is 0.143. The Kier molecular flexibility index (Phi) is 2.98. The molecule has 0 radical (unpaired) electrons. The monoisotopic (exact) mass is 272 g/mol. The van der Waals surface area contributed by atoms with Gasteiger partial charge in [-0.05, 0) is 31.2 Å². The lowest BCUT2D eigenvalue weighted by molar-refractivity contribution is 0.328. The summed E-state index contributed by atoms with van der Waals surface area (Å²) in [7, 11) is 0. The van der Waals surface area contributed by atoms with Gasteiger partial charge in [0, 0.05) is 11.6 Å². The van der Waals surface area contributed by atoms with Crippen molar-refractivity contribution in [2.24, 2.45) is 0 Å². The fourth-order valence-corrected chi connectivity index (χ4v) is 1.93. The minimum absolute atomic E-state index is 0.0888. The molecule has 2 heterocycles. The maximum absolute atomic E-state index is 13.2. The van der Waals surface area contributed by atoms with Gasteiger partial charge in [-0.25, -0.2) is 9.37 Å². The van der Waals surface area contributed by atoms with Crippen molar-refractivity contribution in [3.05, 3.63) is 36.1 Å². The second-order valence-corrected chi connectivity index (χ2v) is 4.28. The zero-order valence-electron chi connectivity index (χ0n) is 10.9. The number of aromatic nitrogens is 3. The van der Waals surface area contributed by atoms with E-state index in [1.165, 1.54) is 12.1 Å². The summed E-state index contributed by atoms with van der Waals surface area (Å²) >= 11 is 0. The number of nitrogen functional groups attached to an aromatic ring is 1. The van der Waals surface area contributed by atoms with Gasteiger partial charge in [-0.2, -0.15) is 4.98 Å². The van der Waals surface area contributed by atoms with E-state index in [9.17, 15) is 4.39 Å². The zero-order valence-corrected chi connectivity index (χ0v) is 10.9. The molecule has 0 atom stereocenters. The number of anilines is 1. The number of nitrogens with zero attached hydrogens (tertiary/aromatic N) is 2. The molecule has 0 fully saturated rings. The first-order valence-electron chi connectivity index (χ1n) is 6.22. The molecule has 102 valence electrons. The zero-order chi connectivity index (χ0) is 14.1. The molecule has 2 aromatic heterocycles. The number of benzene rings is 1. The smallest absolute Gasteiger partial charge is 0.215 e. The highest BCUT2D eigenvalue weighted by Gasteiger charge is 2.09. The van der Waals surface area contributed by atoms with Gasteiger partial charge in [0.2, 0.25) is 5.88 Å². The summed E-state index contributed by atoms with van der Waals surface area (Å²) in [4.78, 5) is 11.8. The van der Waals surface area contributed by atoms with Gasteiger partial charge >= 0.3 is 0 Å². The maximum atomic E-state index is 13.2. The summed E-state index contributed by atoms with van der Waals surface area (Å²) in [6.07, 6.45) is 0. The minimum Gasteiger partial charge on any atom is -0.478 e. The van der Waals surface area contributed by atoms with Gasteiger partial charge in [-0.3, -0.25) is 0 Å². The number of fused-ring (bicyclic) bond motifs is 1. The SMILES string of the molecule is CCOc1ccc2[nH]c(-c3ccc(F)c(N)c3)nc2n1. The molecule has 1 aromatic carbocycles. The molecule has 3 aromatic rings. The van der Waals surface area contributed by atoms with Crippen LogP contribution >= 0.6 is 0 Å². The van der Waals surface area contributed by atoms with Crippen LogP contribution < -0.4 is 10.5 Å². The predicted molar refractivity (Wildman–Crippen MR) is 74.9 cm³/mol. The summed E-state index contributed by atoms with van der Waals surface area (Å²) in [5.74, 6) is 0.672. The van der Waals surface area contributed by atoms with Crippen LogP contribution in [-0.4, -0.2) is 21.6 Å². The quantitative estimate of drug-likeness (QED) is 0.719. The van der Waals surface area contributed by atoms with E-state index >= 15 is 0 Å². The lowest BCUT2D eigenvalue weighted by Gasteiger charge is -1.99. The van der Waals surface area contributed by atoms with Crippen molar-refractivity contribution in [3.8, 4) is 17.3 Å². The third-order valence-electron chi connectivity index (χ3n) is 2.88. The summed E-state index contributed by atoms with van der Waals surface area (Å²) < 4.78 is 18.5. The van der Waals surface area contributed by atoms with Gasteiger partial charge in [0.05, 0.1) is 17.8 Å². The Balaban J connectivity index is 2.05. The molecule has 0 saturated heterocycles. The Morgan fingerprint density at radius 2 is 2.10 bits per heavy atom. The lowest BCUT2D eigenvalue weighted by atomic mass is 10.2. The second-order valence-electron chi connectivity index (χ2n) is 4.28. The van der Waals surface area contributed by atoms with E-state index in [0.29, 0.717) is 29.5 Å². The molecule has 0 aliphatic carbocycles. The highest BCUT2D eigenvalue weighted by Crippen LogP contribution is 2.24. The van der Waals surface area contributed by atoms with Crippen LogP contribution in [0.5, 0.6) is 5.88 Å². The largest absolute Gasteiger partial charge is 0.478 e. The number of nitrogens with two attached hydrogens (primary N) is 1. The normalized spacial score (nSPS) is 10.9. The summed E-state index contributed by atoms with van der Waals surface area (Å²) in [6, 6.07) is 8.09. The Hall–Kier alpha value is -2.63. The first kappa shape index (κ1) is 12.4. The number of hydrogen-bond donors (Lipinski definition) is 2. The first-order chi connectivity index (χ1) is 9.67. The number of hydrogen-bond acceptors (Lipinski definition) is 4. The third-order valence-corrected chi connectivity index (χ3v) is 2.88. The van der Waals surface area contributed by atoms with Crippen molar-refractivity contribution in [2.45, 2.75) is 6.92 Å². The standard InChI is InChI=1S/C14H13FN4O/c1-2-20-12-6-5-11-14(18-12)19-13(17-11)8-3-4-9(15)10(16)7-8/h3-7H,2,16H2,1H3,(H,17,18,19). The van der Waals surface area contributed by atoms with E-state index in [4.69, 9.17) is 10.5 Å². The number of pyridine rings is 1. The van der Waals surface area contributed by atoms with Crippen LogP contribution in [0.15, 0.2) is 30.3 Å². The number of ether oxygens (including phenoxy) is 1. The van der Waals surface area contributed by atoms with E-state index in [1.807, 2.05) is 13.0 Å². The highest BCUT2D eigenvalue weighted by atomic mass is 19.1. The van der Waals surface area contributed by atoms with Crippen LogP contribution in [0.2, 0.25) is 0 Å². The Labute approximate surface area is 114 Å². The van der Waals surface area contributed by atoms with E-state index < -0.39 is 5.82 Å². The molecule has 6 heteroatoms. The second kappa shape index (κ2) is 4.80. The average Bonchev–Trinajstić information content (AvgIpc) is 2.85. The van der Waals surface area contributed by atoms with Crippen molar-refractivity contribution in [1.82, 2.24) is 15.0 Å². The molecule has 3 rings (SSSR count). The third kappa shape index (κ3) is 2.16. The Morgan fingerprint density at radius 3 is 2.85 bits per heavy atom. The number of aromatic amines is 1. The molecule has 0 saturated carbocycles. The molecule has 0 aliphatic heterocycles. The van der Waals surface area contributed by atoms with Crippen LogP contribution in [0.25, 0.3) is 22.6 Å². The topological polar surface area (TPSA) is 76.8 Å². The molecule has 20 heavy (non-hydrogen) atoms. The number of imidazole rings is 1. The minimum atomic E-state index is -0.443. The lowest BCUT2D eigenvalue weighted by Crippen LogP contribution is -1.93. The van der Waals surface area contributed by atoms with Crippen LogP contribution in [0.1, 0.15) is 6.92 Å².